The number of ether oxygens (including phenoxy) is 1. The molecule has 4 heteroatoms. The molecule has 18 heavy (non-hydrogen) atoms. The molecule has 2 rings (SSSR count). The van der Waals surface area contributed by atoms with Crippen molar-refractivity contribution in [2.75, 3.05) is 0 Å². The fourth-order valence-corrected chi connectivity index (χ4v) is 1.93. The van der Waals surface area contributed by atoms with Gasteiger partial charge in [-0.1, -0.05) is 41.4 Å². The van der Waals surface area contributed by atoms with Crippen LogP contribution in [0.3, 0.4) is 0 Å². The van der Waals surface area contributed by atoms with E-state index in [4.69, 9.17) is 34.5 Å². The van der Waals surface area contributed by atoms with Gasteiger partial charge in [0.05, 0.1) is 11.6 Å². The molecule has 2 nitrogen and oxygen atoms in total. The first-order chi connectivity index (χ1) is 8.69. The smallest absolute Gasteiger partial charge is 0.187 e. The molecule has 0 unspecified atom stereocenters. The third-order valence-electron chi connectivity index (χ3n) is 2.33. The van der Waals surface area contributed by atoms with Gasteiger partial charge in [-0.3, -0.25) is 0 Å². The van der Waals surface area contributed by atoms with Crippen molar-refractivity contribution in [2.45, 2.75) is 6.61 Å². The topological polar surface area (TPSA) is 13.6 Å². The van der Waals surface area contributed by atoms with Crippen molar-refractivity contribution in [1.82, 2.24) is 0 Å². The highest BCUT2D eigenvalue weighted by Crippen LogP contribution is 2.28. The van der Waals surface area contributed by atoms with Crippen LogP contribution in [0.5, 0.6) is 5.75 Å². The van der Waals surface area contributed by atoms with Gasteiger partial charge in [0, 0.05) is 5.02 Å². The van der Waals surface area contributed by atoms with Crippen LogP contribution in [0.2, 0.25) is 10.0 Å². The SMILES string of the molecule is [C-]#[N+]c1cccc(COc2ccc(Cl)cc2Cl)c1. The zero-order valence-corrected chi connectivity index (χ0v) is 10.9. The minimum Gasteiger partial charge on any atom is -0.487 e. The van der Waals surface area contributed by atoms with Crippen molar-refractivity contribution < 1.29 is 4.74 Å². The first-order valence-electron chi connectivity index (χ1n) is 5.23. The molecular formula is C14H9Cl2NO. The molecular weight excluding hydrogens is 269 g/mol. The van der Waals surface area contributed by atoms with Crippen LogP contribution in [0, 0.1) is 6.57 Å². The van der Waals surface area contributed by atoms with Gasteiger partial charge in [0.15, 0.2) is 5.69 Å². The van der Waals surface area contributed by atoms with Crippen LogP contribution < -0.4 is 4.74 Å². The molecule has 2 aromatic rings. The summed E-state index contributed by atoms with van der Waals surface area (Å²) in [7, 11) is 0. The van der Waals surface area contributed by atoms with E-state index < -0.39 is 0 Å². The Morgan fingerprint density at radius 2 is 1.94 bits per heavy atom. The molecule has 0 radical (unpaired) electrons. The van der Waals surface area contributed by atoms with Crippen LogP contribution in [-0.2, 0) is 6.61 Å². The molecule has 0 aliphatic carbocycles. The van der Waals surface area contributed by atoms with E-state index in [1.807, 2.05) is 12.1 Å². The molecule has 0 saturated heterocycles. The van der Waals surface area contributed by atoms with Crippen LogP contribution in [0.15, 0.2) is 42.5 Å². The lowest BCUT2D eigenvalue weighted by Gasteiger charge is -2.08. The summed E-state index contributed by atoms with van der Waals surface area (Å²) in [6.45, 7) is 7.31. The lowest BCUT2D eigenvalue weighted by atomic mass is 10.2. The van der Waals surface area contributed by atoms with Crippen LogP contribution in [0.4, 0.5) is 5.69 Å². The molecule has 0 N–H and O–H groups in total. The molecule has 0 fully saturated rings. The standard InChI is InChI=1S/C14H9Cl2NO/c1-17-12-4-2-3-10(7-12)9-18-14-6-5-11(15)8-13(14)16/h2-8H,9H2. The second kappa shape index (κ2) is 5.77. The van der Waals surface area contributed by atoms with E-state index in [9.17, 15) is 0 Å². The zero-order chi connectivity index (χ0) is 13.0. The Kier molecular flexibility index (Phi) is 4.09. The van der Waals surface area contributed by atoms with Crippen LogP contribution in [0.1, 0.15) is 5.56 Å². The van der Waals surface area contributed by atoms with Gasteiger partial charge in [-0.05, 0) is 29.8 Å². The van der Waals surface area contributed by atoms with Crippen LogP contribution >= 0.6 is 23.2 Å². The molecule has 2 aromatic carbocycles. The van der Waals surface area contributed by atoms with E-state index in [0.717, 1.165) is 5.56 Å². The first kappa shape index (κ1) is 12.8. The highest BCUT2D eigenvalue weighted by Gasteiger charge is 2.03. The Bertz CT molecular complexity index is 605. The average molecular weight is 278 g/mol. The van der Waals surface area contributed by atoms with Gasteiger partial charge in [0.2, 0.25) is 0 Å². The summed E-state index contributed by atoms with van der Waals surface area (Å²) in [5, 5.41) is 1.05. The van der Waals surface area contributed by atoms with Crippen LogP contribution in [-0.4, -0.2) is 0 Å². The summed E-state index contributed by atoms with van der Waals surface area (Å²) in [4.78, 5) is 3.37. The molecule has 0 bridgehead atoms. The van der Waals surface area contributed by atoms with E-state index in [1.165, 1.54) is 0 Å². The van der Waals surface area contributed by atoms with Gasteiger partial charge in [0.1, 0.15) is 12.4 Å². The highest BCUT2D eigenvalue weighted by atomic mass is 35.5. The summed E-state index contributed by atoms with van der Waals surface area (Å²) in [6, 6.07) is 12.4. The van der Waals surface area contributed by atoms with E-state index >= 15 is 0 Å². The van der Waals surface area contributed by atoms with Crippen molar-refractivity contribution in [3.05, 3.63) is 69.5 Å². The average Bonchev–Trinajstić information content (AvgIpc) is 2.38. The molecule has 0 atom stereocenters. The van der Waals surface area contributed by atoms with E-state index in [2.05, 4.69) is 4.85 Å². The van der Waals surface area contributed by atoms with E-state index in [-0.39, 0.29) is 0 Å². The van der Waals surface area contributed by atoms with Gasteiger partial charge >= 0.3 is 0 Å². The third-order valence-corrected chi connectivity index (χ3v) is 2.86. The Hall–Kier alpha value is -1.69. The molecule has 0 spiro atoms. The second-order valence-electron chi connectivity index (χ2n) is 3.65. The Balaban J connectivity index is 2.09. The van der Waals surface area contributed by atoms with Crippen molar-refractivity contribution in [3.63, 3.8) is 0 Å². The number of benzene rings is 2. The Labute approximate surface area is 116 Å². The summed E-state index contributed by atoms with van der Waals surface area (Å²) in [6.07, 6.45) is 0. The van der Waals surface area contributed by atoms with Crippen molar-refractivity contribution in [1.29, 1.82) is 0 Å². The molecule has 0 aliphatic rings. The minimum atomic E-state index is 0.366. The summed E-state index contributed by atoms with van der Waals surface area (Å²) < 4.78 is 5.58. The highest BCUT2D eigenvalue weighted by molar-refractivity contribution is 6.35. The van der Waals surface area contributed by atoms with Gasteiger partial charge in [-0.25, -0.2) is 4.85 Å². The number of hydrogen-bond acceptors (Lipinski definition) is 1. The van der Waals surface area contributed by atoms with Crippen LogP contribution in [0.25, 0.3) is 4.85 Å². The van der Waals surface area contributed by atoms with E-state index in [1.54, 1.807) is 30.3 Å². The minimum absolute atomic E-state index is 0.366. The van der Waals surface area contributed by atoms with Crippen molar-refractivity contribution >= 4 is 28.9 Å². The quantitative estimate of drug-likeness (QED) is 0.710. The lowest BCUT2D eigenvalue weighted by Crippen LogP contribution is -1.95. The summed E-state index contributed by atoms with van der Waals surface area (Å²) in [5.74, 6) is 0.578. The molecule has 0 aromatic heterocycles. The largest absolute Gasteiger partial charge is 0.487 e. The Morgan fingerprint density at radius 1 is 1.11 bits per heavy atom. The maximum absolute atomic E-state index is 6.94. The number of hydrogen-bond donors (Lipinski definition) is 0. The van der Waals surface area contributed by atoms with Gasteiger partial charge < -0.3 is 4.74 Å². The normalized spacial score (nSPS) is 9.83. The fraction of sp³-hybridized carbons (Fsp3) is 0.0714. The molecule has 0 aliphatic heterocycles. The fourth-order valence-electron chi connectivity index (χ4n) is 1.47. The predicted molar refractivity (Wildman–Crippen MR) is 73.5 cm³/mol. The first-order valence-corrected chi connectivity index (χ1v) is 5.99. The Morgan fingerprint density at radius 3 is 2.67 bits per heavy atom. The van der Waals surface area contributed by atoms with Crippen molar-refractivity contribution in [3.8, 4) is 5.75 Å². The van der Waals surface area contributed by atoms with Crippen molar-refractivity contribution in [2.24, 2.45) is 0 Å². The number of nitrogens with zero attached hydrogens (tertiary/aromatic N) is 1. The van der Waals surface area contributed by atoms with Gasteiger partial charge in [0.25, 0.3) is 0 Å². The number of rotatable bonds is 3. The molecule has 0 heterocycles. The monoisotopic (exact) mass is 277 g/mol. The van der Waals surface area contributed by atoms with Gasteiger partial charge in [-0.15, -0.1) is 0 Å². The molecule has 0 saturated carbocycles. The third kappa shape index (κ3) is 3.16. The maximum atomic E-state index is 6.94. The van der Waals surface area contributed by atoms with E-state index in [0.29, 0.717) is 28.1 Å². The summed E-state index contributed by atoms with van der Waals surface area (Å²) in [5.41, 5.74) is 1.52. The summed E-state index contributed by atoms with van der Waals surface area (Å²) >= 11 is 11.8. The van der Waals surface area contributed by atoms with Gasteiger partial charge in [-0.2, -0.15) is 0 Å². The predicted octanol–water partition coefficient (Wildman–Crippen LogP) is 5.12. The zero-order valence-electron chi connectivity index (χ0n) is 9.36. The number of halogens is 2. The molecule has 90 valence electrons. The lowest BCUT2D eigenvalue weighted by molar-refractivity contribution is 0.306. The maximum Gasteiger partial charge on any atom is 0.187 e. The second-order valence-corrected chi connectivity index (χ2v) is 4.49. The molecule has 0 amide bonds.